The summed E-state index contributed by atoms with van der Waals surface area (Å²) >= 11 is 0. The highest BCUT2D eigenvalue weighted by molar-refractivity contribution is 5.89. The maximum atomic E-state index is 14.7. The fourth-order valence-corrected chi connectivity index (χ4v) is 3.83. The van der Waals surface area contributed by atoms with Gasteiger partial charge in [-0.05, 0) is 25.0 Å². The average molecular weight is 354 g/mol. The van der Waals surface area contributed by atoms with Gasteiger partial charge in [-0.3, -0.25) is 4.79 Å². The molecule has 2 aromatic heterocycles. The van der Waals surface area contributed by atoms with E-state index in [9.17, 15) is 9.18 Å². The number of anilines is 3. The van der Waals surface area contributed by atoms with Crippen LogP contribution in [0.2, 0.25) is 0 Å². The zero-order valence-electron chi connectivity index (χ0n) is 14.5. The Morgan fingerprint density at radius 3 is 2.81 bits per heavy atom. The lowest BCUT2D eigenvalue weighted by Crippen LogP contribution is -2.43. The smallest absolute Gasteiger partial charge is 0.222 e. The van der Waals surface area contributed by atoms with E-state index in [1.807, 2.05) is 24.4 Å². The number of pyridine rings is 2. The third-order valence-electron chi connectivity index (χ3n) is 5.49. The van der Waals surface area contributed by atoms with Gasteiger partial charge in [0.1, 0.15) is 11.6 Å². The summed E-state index contributed by atoms with van der Waals surface area (Å²) in [6, 6.07) is 7.34. The summed E-state index contributed by atoms with van der Waals surface area (Å²) in [5, 5.41) is 2.73. The Morgan fingerprint density at radius 1 is 1.35 bits per heavy atom. The van der Waals surface area contributed by atoms with Crippen LogP contribution in [0.5, 0.6) is 0 Å². The first kappa shape index (κ1) is 15.7. The van der Waals surface area contributed by atoms with Crippen molar-refractivity contribution in [1.29, 1.82) is 0 Å². The van der Waals surface area contributed by atoms with Crippen molar-refractivity contribution in [2.45, 2.75) is 30.8 Å². The average Bonchev–Trinajstić information content (AvgIpc) is 3.30. The number of carbonyl (C=O) groups excluding carboxylic acids is 1. The van der Waals surface area contributed by atoms with E-state index in [1.54, 1.807) is 6.07 Å². The summed E-state index contributed by atoms with van der Waals surface area (Å²) in [6.07, 6.45) is 4.07. The minimum Gasteiger partial charge on any atom is -0.374 e. The van der Waals surface area contributed by atoms with E-state index in [4.69, 9.17) is 4.74 Å². The summed E-state index contributed by atoms with van der Waals surface area (Å²) < 4.78 is 19.7. The van der Waals surface area contributed by atoms with Crippen LogP contribution in [0.1, 0.15) is 31.0 Å². The van der Waals surface area contributed by atoms with Crippen LogP contribution >= 0.6 is 0 Å². The van der Waals surface area contributed by atoms with Crippen molar-refractivity contribution in [3.63, 3.8) is 0 Å². The van der Waals surface area contributed by atoms with Crippen molar-refractivity contribution in [3.05, 3.63) is 41.7 Å². The molecule has 6 nitrogen and oxygen atoms in total. The Hall–Kier alpha value is -2.54. The molecule has 1 saturated heterocycles. The van der Waals surface area contributed by atoms with Gasteiger partial charge in [0.25, 0.3) is 0 Å². The molecule has 0 bridgehead atoms. The second kappa shape index (κ2) is 5.23. The van der Waals surface area contributed by atoms with Gasteiger partial charge in [-0.1, -0.05) is 6.07 Å². The van der Waals surface area contributed by atoms with Crippen molar-refractivity contribution in [2.75, 3.05) is 30.0 Å². The zero-order chi connectivity index (χ0) is 17.9. The predicted octanol–water partition coefficient (Wildman–Crippen LogP) is 2.81. The number of hydrogen-bond donors (Lipinski definition) is 1. The normalized spacial score (nSPS) is 21.2. The maximum Gasteiger partial charge on any atom is 0.222 e. The minimum atomic E-state index is -1.49. The van der Waals surface area contributed by atoms with Crippen LogP contribution in [-0.2, 0) is 20.6 Å². The van der Waals surface area contributed by atoms with Crippen LogP contribution in [0.3, 0.4) is 0 Å². The highest BCUT2D eigenvalue weighted by atomic mass is 19.1. The van der Waals surface area contributed by atoms with Gasteiger partial charge >= 0.3 is 0 Å². The van der Waals surface area contributed by atoms with Gasteiger partial charge in [0.15, 0.2) is 5.67 Å². The van der Waals surface area contributed by atoms with Crippen LogP contribution in [0, 0.1) is 0 Å². The molecule has 1 aliphatic carbocycles. The quantitative estimate of drug-likeness (QED) is 0.918. The number of alkyl halides is 1. The first-order valence-corrected chi connectivity index (χ1v) is 8.79. The fourth-order valence-electron chi connectivity index (χ4n) is 3.83. The molecule has 4 heterocycles. The Balaban J connectivity index is 1.55. The first-order valence-electron chi connectivity index (χ1n) is 8.79. The molecule has 5 rings (SSSR count). The molecule has 0 unspecified atom stereocenters. The third-order valence-corrected chi connectivity index (χ3v) is 5.49. The van der Waals surface area contributed by atoms with Gasteiger partial charge < -0.3 is 15.0 Å². The maximum absolute atomic E-state index is 14.7. The van der Waals surface area contributed by atoms with Crippen LogP contribution in [-0.4, -0.2) is 35.6 Å². The van der Waals surface area contributed by atoms with Crippen LogP contribution in [0.15, 0.2) is 30.5 Å². The summed E-state index contributed by atoms with van der Waals surface area (Å²) in [5.74, 6) is 1.08. The number of nitrogens with one attached hydrogen (secondary N) is 1. The number of hydrogen-bond acceptors (Lipinski definition) is 5. The number of carbonyl (C=O) groups is 1. The first-order chi connectivity index (χ1) is 12.5. The number of nitrogens with zero attached hydrogens (tertiary/aromatic N) is 3. The minimum absolute atomic E-state index is 0.0561. The molecule has 26 heavy (non-hydrogen) atoms. The zero-order valence-corrected chi connectivity index (χ0v) is 14.5. The second-order valence-corrected chi connectivity index (χ2v) is 7.47. The molecule has 1 amide bonds. The highest BCUT2D eigenvalue weighted by Gasteiger charge is 2.53. The van der Waals surface area contributed by atoms with Gasteiger partial charge in [-0.15, -0.1) is 0 Å². The van der Waals surface area contributed by atoms with Gasteiger partial charge in [-0.25, -0.2) is 14.4 Å². The topological polar surface area (TPSA) is 67.4 Å². The van der Waals surface area contributed by atoms with Crippen molar-refractivity contribution >= 4 is 23.2 Å². The molecule has 2 aliphatic heterocycles. The van der Waals surface area contributed by atoms with E-state index in [0.717, 1.165) is 30.9 Å². The Morgan fingerprint density at radius 2 is 2.15 bits per heavy atom. The van der Waals surface area contributed by atoms with Crippen LogP contribution in [0.4, 0.5) is 21.7 Å². The van der Waals surface area contributed by atoms with E-state index in [2.05, 4.69) is 20.2 Å². The monoisotopic (exact) mass is 354 g/mol. The number of fused-ring (bicyclic) bond motifs is 2. The highest BCUT2D eigenvalue weighted by Crippen LogP contribution is 2.58. The number of ether oxygens (including phenoxy) is 1. The van der Waals surface area contributed by atoms with Crippen molar-refractivity contribution in [2.24, 2.45) is 0 Å². The van der Waals surface area contributed by atoms with Gasteiger partial charge in [0.2, 0.25) is 5.91 Å². The largest absolute Gasteiger partial charge is 0.374 e. The molecule has 3 aliphatic rings. The lowest BCUT2D eigenvalue weighted by Gasteiger charge is -2.33. The number of rotatable bonds is 3. The molecule has 0 radical (unpaired) electrons. The molecule has 2 aromatic rings. The molecule has 0 aromatic carbocycles. The molecule has 1 N–H and O–H groups in total. The van der Waals surface area contributed by atoms with Gasteiger partial charge in [0, 0.05) is 36.7 Å². The SMILES string of the molecule is CC(=O)Nc1cc2c(cn1)C1(CC1)CN2c1cccc(C2(F)COC2)n1. The van der Waals surface area contributed by atoms with E-state index in [-0.39, 0.29) is 24.5 Å². The van der Waals surface area contributed by atoms with E-state index in [0.29, 0.717) is 11.5 Å². The van der Waals surface area contributed by atoms with Gasteiger partial charge in [-0.2, -0.15) is 0 Å². The van der Waals surface area contributed by atoms with Gasteiger partial charge in [0.05, 0.1) is 24.6 Å². The number of halogens is 1. The lowest BCUT2D eigenvalue weighted by molar-refractivity contribution is -0.137. The second-order valence-electron chi connectivity index (χ2n) is 7.47. The summed E-state index contributed by atoms with van der Waals surface area (Å²) in [7, 11) is 0. The molecule has 1 saturated carbocycles. The molecule has 0 atom stereocenters. The van der Waals surface area contributed by atoms with E-state index in [1.165, 1.54) is 12.5 Å². The summed E-state index contributed by atoms with van der Waals surface area (Å²) in [5.41, 5.74) is 1.21. The Kier molecular flexibility index (Phi) is 3.16. The standard InChI is InChI=1S/C19H19FN4O2/c1-12(25)22-16-7-14-13(8-21-16)18(5-6-18)9-24(14)17-4-2-3-15(23-17)19(20)10-26-11-19/h2-4,7-8H,5-6,9-11H2,1H3,(H,21,22,25). The molecular formula is C19H19FN4O2. The van der Waals surface area contributed by atoms with Crippen molar-refractivity contribution in [1.82, 2.24) is 9.97 Å². The number of aromatic nitrogens is 2. The molecule has 7 heteroatoms. The predicted molar refractivity (Wildman–Crippen MR) is 94.3 cm³/mol. The number of amides is 1. The summed E-state index contributed by atoms with van der Waals surface area (Å²) in [6.45, 7) is 2.38. The Bertz CT molecular complexity index is 908. The molecule has 2 fully saturated rings. The lowest BCUT2D eigenvalue weighted by atomic mass is 9.99. The summed E-state index contributed by atoms with van der Waals surface area (Å²) in [4.78, 5) is 22.5. The third kappa shape index (κ3) is 2.30. The van der Waals surface area contributed by atoms with Crippen LogP contribution in [0.25, 0.3) is 0 Å². The van der Waals surface area contributed by atoms with Crippen LogP contribution < -0.4 is 10.2 Å². The van der Waals surface area contributed by atoms with Crippen molar-refractivity contribution in [3.8, 4) is 0 Å². The van der Waals surface area contributed by atoms with E-state index >= 15 is 0 Å². The molecule has 1 spiro atoms. The molecular weight excluding hydrogens is 335 g/mol. The Labute approximate surface area is 150 Å². The fraction of sp³-hybridized carbons (Fsp3) is 0.421. The van der Waals surface area contributed by atoms with Crippen molar-refractivity contribution < 1.29 is 13.9 Å². The molecule has 134 valence electrons. The van der Waals surface area contributed by atoms with E-state index < -0.39 is 5.67 Å².